The number of hydrogen-bond acceptors (Lipinski definition) is 6. The van der Waals surface area contributed by atoms with Crippen LogP contribution in [0.5, 0.6) is 0 Å². The van der Waals surface area contributed by atoms with E-state index in [1.807, 2.05) is 0 Å². The number of nitrogens with one attached hydrogen (secondary N) is 1. The Bertz CT molecular complexity index is 1680. The second-order valence-electron chi connectivity index (χ2n) is 9.44. The topological polar surface area (TPSA) is 123 Å². The molecule has 0 aliphatic rings. The molecule has 4 aromatic rings. The van der Waals surface area contributed by atoms with E-state index in [0.717, 1.165) is 36.5 Å². The van der Waals surface area contributed by atoms with E-state index in [0.29, 0.717) is 10.7 Å². The van der Waals surface area contributed by atoms with Crippen LogP contribution >= 0.6 is 11.6 Å². The number of halogens is 5. The van der Waals surface area contributed by atoms with Crippen molar-refractivity contribution in [1.82, 2.24) is 14.8 Å². The Morgan fingerprint density at radius 2 is 1.77 bits per heavy atom. The lowest BCUT2D eigenvalue weighted by molar-refractivity contribution is -0.137. The fraction of sp³-hybridized carbons (Fsp3) is 0.192. The number of benzene rings is 2. The molecular formula is C26H19ClF4N4O5. The first kappa shape index (κ1) is 28.5. The van der Waals surface area contributed by atoms with Gasteiger partial charge in [-0.05, 0) is 57.2 Å². The molecule has 9 nitrogen and oxygen atoms in total. The lowest BCUT2D eigenvalue weighted by Gasteiger charge is -2.19. The molecule has 0 aliphatic carbocycles. The number of aromatic nitrogens is 3. The van der Waals surface area contributed by atoms with Crippen LogP contribution in [0.3, 0.4) is 0 Å². The second kappa shape index (κ2) is 10.2. The average molecular weight is 579 g/mol. The fourth-order valence-corrected chi connectivity index (χ4v) is 4.00. The van der Waals surface area contributed by atoms with Gasteiger partial charge in [0.2, 0.25) is 0 Å². The molecule has 0 aliphatic heterocycles. The number of carboxylic acid groups (broad SMARTS) is 1. The zero-order valence-electron chi connectivity index (χ0n) is 20.9. The quantitative estimate of drug-likeness (QED) is 0.260. The number of aromatic carboxylic acids is 1. The van der Waals surface area contributed by atoms with Crippen molar-refractivity contribution in [2.75, 3.05) is 5.32 Å². The highest BCUT2D eigenvalue weighted by molar-refractivity contribution is 6.34. The van der Waals surface area contributed by atoms with Gasteiger partial charge in [-0.3, -0.25) is 15.1 Å². The zero-order valence-corrected chi connectivity index (χ0v) is 21.7. The highest BCUT2D eigenvalue weighted by atomic mass is 35.5. The summed E-state index contributed by atoms with van der Waals surface area (Å²) in [6.45, 7) is 4.88. The third-order valence-corrected chi connectivity index (χ3v) is 5.68. The van der Waals surface area contributed by atoms with Gasteiger partial charge in [-0.2, -0.15) is 23.0 Å². The van der Waals surface area contributed by atoms with Crippen LogP contribution in [0.15, 0.2) is 48.7 Å². The molecule has 4 rings (SSSR count). The van der Waals surface area contributed by atoms with Gasteiger partial charge in [0.05, 0.1) is 39.1 Å². The molecule has 2 heterocycles. The smallest absolute Gasteiger partial charge is 0.417 e. The number of ether oxygens (including phenoxy) is 1. The normalized spacial score (nSPS) is 11.9. The van der Waals surface area contributed by atoms with Crippen LogP contribution in [0, 0.1) is 5.82 Å². The third kappa shape index (κ3) is 5.73. The van der Waals surface area contributed by atoms with Gasteiger partial charge in [-0.1, -0.05) is 17.7 Å². The van der Waals surface area contributed by atoms with Crippen molar-refractivity contribution in [3.05, 3.63) is 76.2 Å². The highest BCUT2D eigenvalue weighted by Crippen LogP contribution is 2.37. The number of amides is 1. The average Bonchev–Trinajstić information content (AvgIpc) is 3.20. The van der Waals surface area contributed by atoms with Gasteiger partial charge in [-0.15, -0.1) is 0 Å². The molecule has 0 bridgehead atoms. The Balaban J connectivity index is 1.94. The van der Waals surface area contributed by atoms with Crippen LogP contribution in [-0.4, -0.2) is 43.4 Å². The standard InChI is InChI=1S/C26H19ClF4N4O5/c1-25(2,3)40-24(39)33-13-10-18-21(32-11-13)20(14-8-7-12(23(37)38)9-17(14)28)34-35(18)22(36)19-15(26(29,30)31)5-4-6-16(19)27/h4-11H,1-3H3,(H,33,39)(H,37,38). The summed E-state index contributed by atoms with van der Waals surface area (Å²) >= 11 is 6.02. The summed E-state index contributed by atoms with van der Waals surface area (Å²) in [5.41, 5.74) is -4.39. The molecule has 0 saturated carbocycles. The maximum atomic E-state index is 15.0. The lowest BCUT2D eigenvalue weighted by Crippen LogP contribution is -2.27. The maximum absolute atomic E-state index is 15.0. The lowest BCUT2D eigenvalue weighted by atomic mass is 10.1. The number of fused-ring (bicyclic) bond motifs is 1. The summed E-state index contributed by atoms with van der Waals surface area (Å²) in [6.07, 6.45) is -4.69. The van der Waals surface area contributed by atoms with Crippen molar-refractivity contribution >= 4 is 46.3 Å². The number of nitrogens with zero attached hydrogens (tertiary/aromatic N) is 3. The van der Waals surface area contributed by atoms with E-state index in [-0.39, 0.29) is 33.5 Å². The molecule has 1 amide bonds. The van der Waals surface area contributed by atoms with E-state index in [4.69, 9.17) is 21.4 Å². The Morgan fingerprint density at radius 3 is 2.38 bits per heavy atom. The van der Waals surface area contributed by atoms with Crippen LogP contribution in [0.25, 0.3) is 22.3 Å². The third-order valence-electron chi connectivity index (χ3n) is 5.36. The van der Waals surface area contributed by atoms with Crippen LogP contribution < -0.4 is 5.32 Å². The number of pyridine rings is 1. The van der Waals surface area contributed by atoms with E-state index >= 15 is 0 Å². The molecule has 0 atom stereocenters. The molecule has 0 unspecified atom stereocenters. The second-order valence-corrected chi connectivity index (χ2v) is 9.85. The molecular weight excluding hydrogens is 560 g/mol. The van der Waals surface area contributed by atoms with E-state index < -0.39 is 51.7 Å². The number of carboxylic acids is 1. The Hall–Kier alpha value is -4.52. The van der Waals surface area contributed by atoms with Crippen LogP contribution in [0.4, 0.5) is 28.0 Å². The predicted molar refractivity (Wildman–Crippen MR) is 136 cm³/mol. The number of alkyl halides is 3. The van der Waals surface area contributed by atoms with E-state index in [2.05, 4.69) is 15.4 Å². The summed E-state index contributed by atoms with van der Waals surface area (Å²) in [5.74, 6) is -3.75. The van der Waals surface area contributed by atoms with Crippen molar-refractivity contribution in [3.63, 3.8) is 0 Å². The number of carbonyl (C=O) groups excluding carboxylic acids is 2. The van der Waals surface area contributed by atoms with Gasteiger partial charge in [-0.25, -0.2) is 14.0 Å². The minimum absolute atomic E-state index is 0.0147. The predicted octanol–water partition coefficient (Wildman–Crippen LogP) is 6.64. The van der Waals surface area contributed by atoms with E-state index in [1.54, 1.807) is 20.8 Å². The fourth-order valence-electron chi connectivity index (χ4n) is 3.75. The van der Waals surface area contributed by atoms with Crippen molar-refractivity contribution in [2.24, 2.45) is 0 Å². The maximum Gasteiger partial charge on any atom is 0.417 e. The first-order valence-electron chi connectivity index (χ1n) is 11.4. The Labute approximate surface area is 228 Å². The van der Waals surface area contributed by atoms with Gasteiger partial charge in [0.1, 0.15) is 22.6 Å². The molecule has 14 heteroatoms. The molecule has 0 saturated heterocycles. The first-order chi connectivity index (χ1) is 18.6. The Kier molecular flexibility index (Phi) is 7.28. The minimum Gasteiger partial charge on any atom is -0.478 e. The van der Waals surface area contributed by atoms with E-state index in [9.17, 15) is 31.9 Å². The SMILES string of the molecule is CC(C)(C)OC(=O)Nc1cnc2c(-c3ccc(C(=O)O)cc3F)nn(C(=O)c3c(Cl)cccc3C(F)(F)F)c2c1. The number of rotatable bonds is 4. The molecule has 2 N–H and O–H groups in total. The summed E-state index contributed by atoms with van der Waals surface area (Å²) in [5, 5.41) is 15.1. The zero-order chi connectivity index (χ0) is 29.6. The molecule has 2 aromatic carbocycles. The van der Waals surface area contributed by atoms with Crippen LogP contribution in [0.1, 0.15) is 47.1 Å². The Morgan fingerprint density at radius 1 is 1.07 bits per heavy atom. The molecule has 0 spiro atoms. The monoisotopic (exact) mass is 578 g/mol. The largest absolute Gasteiger partial charge is 0.478 e. The molecule has 40 heavy (non-hydrogen) atoms. The van der Waals surface area contributed by atoms with Crippen LogP contribution in [-0.2, 0) is 10.9 Å². The minimum atomic E-state index is -4.96. The van der Waals surface area contributed by atoms with Crippen molar-refractivity contribution < 1.29 is 41.8 Å². The summed E-state index contributed by atoms with van der Waals surface area (Å²) in [7, 11) is 0. The van der Waals surface area contributed by atoms with Crippen molar-refractivity contribution in [1.29, 1.82) is 0 Å². The van der Waals surface area contributed by atoms with Gasteiger partial charge in [0.25, 0.3) is 5.91 Å². The molecule has 208 valence electrons. The number of hydrogen-bond donors (Lipinski definition) is 2. The highest BCUT2D eigenvalue weighted by Gasteiger charge is 2.37. The number of anilines is 1. The van der Waals surface area contributed by atoms with Gasteiger partial charge in [0.15, 0.2) is 0 Å². The summed E-state index contributed by atoms with van der Waals surface area (Å²) < 4.78 is 62.0. The molecule has 0 fully saturated rings. The molecule has 0 radical (unpaired) electrons. The van der Waals surface area contributed by atoms with Crippen LogP contribution in [0.2, 0.25) is 5.02 Å². The van der Waals surface area contributed by atoms with Gasteiger partial charge in [0, 0.05) is 5.56 Å². The summed E-state index contributed by atoms with van der Waals surface area (Å²) in [6, 6.07) is 6.87. The molecule has 2 aromatic heterocycles. The first-order valence-corrected chi connectivity index (χ1v) is 11.8. The van der Waals surface area contributed by atoms with Gasteiger partial charge < -0.3 is 9.84 Å². The number of carbonyl (C=O) groups is 3. The van der Waals surface area contributed by atoms with Crippen molar-refractivity contribution in [2.45, 2.75) is 32.5 Å². The van der Waals surface area contributed by atoms with Crippen molar-refractivity contribution in [3.8, 4) is 11.3 Å². The summed E-state index contributed by atoms with van der Waals surface area (Å²) in [4.78, 5) is 41.2. The van der Waals surface area contributed by atoms with Gasteiger partial charge >= 0.3 is 18.2 Å². The van der Waals surface area contributed by atoms with E-state index in [1.165, 1.54) is 6.07 Å².